The van der Waals surface area contributed by atoms with Crippen LogP contribution >= 0.6 is 0 Å². The number of carboxylic acid groups (broad SMARTS) is 2. The van der Waals surface area contributed by atoms with Gasteiger partial charge >= 0.3 is 84.5 Å². The first-order valence-corrected chi connectivity index (χ1v) is 32.2. The summed E-state index contributed by atoms with van der Waals surface area (Å²) in [5, 5.41) is 97.3. The number of hydrogen-bond acceptors (Lipinski definition) is 38. The van der Waals surface area contributed by atoms with Crippen molar-refractivity contribution in [1.29, 1.82) is 0 Å². The molecule has 0 aromatic carbocycles. The minimum Gasteiger partial charge on any atom is -0.479 e. The van der Waals surface area contributed by atoms with Crippen molar-refractivity contribution < 1.29 is 210 Å². The highest BCUT2D eigenvalue weighted by molar-refractivity contribution is 7.84. The Balaban J connectivity index is 1.47. The monoisotopic (exact) mass is 1410 g/mol. The second kappa shape index (κ2) is 28.1. The largest absolute Gasteiger partial charge is 0.479 e. The van der Waals surface area contributed by atoms with E-state index < -0.39 is 258 Å². The maximum Gasteiger partial charge on any atom is 0.397 e. The number of rotatable bonds is 27. The van der Waals surface area contributed by atoms with Gasteiger partial charge in [-0.1, -0.05) is 0 Å². The number of nitrogens with two attached hydrogens (primary N) is 1. The fourth-order valence-corrected chi connectivity index (χ4v) is 12.0. The Labute approximate surface area is 481 Å². The molecule has 5 heterocycles. The Morgan fingerprint density at radius 2 is 0.826 bits per heavy atom. The lowest BCUT2D eigenvalue weighted by Crippen LogP contribution is -2.70. The standard InChI is InChI=1S/C30H51N3O46S7/c31-7-17(77-84(57,58)59)16(72-29-13(38)12(37)19(22(75-29)24(40)41)74-28-9(33-81(48,49)50)18(78-85(60,61)62)10(35)5(70-28)2-66-82(51,52)53)4(1-34)69-27(7)73-20-14(39)21(79-86(63,64)65)30(76-23(20)25(42)43)71-15-6(3-67-83(54,55)56)68-26(44)8(11(15)36)32-80(45,46)47/h4-23,26-30,32-39,44H,1-3,31H2,(H,40,41)(H,42,43)(H,45,46,47)(H,48,49,50)(H,51,52,53)(H,54,55,56)(H,57,58,59)(H,60,61,62)(H,63,64,65)/t4-,5-,6-,7-,8-,9-,10-,11-,12-,13-,14+,15-,16-,17-,18-,19+,20+,21-,22+,23-,26+,27-,28-,29-,30-/m1/s1. The van der Waals surface area contributed by atoms with E-state index in [1.165, 1.54) is 9.44 Å². The molecule has 5 fully saturated rings. The van der Waals surface area contributed by atoms with Crippen molar-refractivity contribution in [2.45, 2.75) is 153 Å². The maximum absolute atomic E-state index is 12.8. The summed E-state index contributed by atoms with van der Waals surface area (Å²) in [6.45, 7) is -4.75. The molecule has 0 aliphatic carbocycles. The molecule has 5 aliphatic rings. The first-order valence-electron chi connectivity index (χ1n) is 22.5. The first-order chi connectivity index (χ1) is 39.0. The van der Waals surface area contributed by atoms with Crippen LogP contribution in [0.4, 0.5) is 0 Å². The number of carbonyl (C=O) groups is 2. The molecule has 0 unspecified atom stereocenters. The summed E-state index contributed by atoms with van der Waals surface area (Å²) in [6, 6.07) is -7.83. The van der Waals surface area contributed by atoms with Gasteiger partial charge in [0.1, 0.15) is 97.5 Å². The van der Waals surface area contributed by atoms with Crippen molar-refractivity contribution in [3.63, 3.8) is 0 Å². The van der Waals surface area contributed by atoms with Crippen LogP contribution in [0.15, 0.2) is 0 Å². The minimum atomic E-state index is -6.00. The van der Waals surface area contributed by atoms with Gasteiger partial charge in [0.25, 0.3) is 0 Å². The van der Waals surface area contributed by atoms with Crippen molar-refractivity contribution in [2.24, 2.45) is 5.73 Å². The fourth-order valence-electron chi connectivity index (χ4n) is 8.63. The van der Waals surface area contributed by atoms with Crippen LogP contribution < -0.4 is 15.2 Å². The topological polar surface area (TPSA) is 776 Å². The van der Waals surface area contributed by atoms with E-state index in [9.17, 15) is 137 Å². The Bertz CT molecular complexity index is 3190. The van der Waals surface area contributed by atoms with Crippen LogP contribution in [-0.2, 0) is 146 Å². The van der Waals surface area contributed by atoms with Gasteiger partial charge in [-0.25, -0.2) is 30.5 Å². The van der Waals surface area contributed by atoms with E-state index >= 15 is 0 Å². The van der Waals surface area contributed by atoms with Crippen LogP contribution in [0, 0.1) is 0 Å². The van der Waals surface area contributed by atoms with Gasteiger partial charge in [-0.2, -0.15) is 68.4 Å². The summed E-state index contributed by atoms with van der Waals surface area (Å²) >= 11 is 0. The van der Waals surface area contributed by atoms with E-state index in [2.05, 4.69) is 20.9 Å². The third-order valence-corrected chi connectivity index (χ3v) is 15.4. The molecule has 0 amide bonds. The highest BCUT2D eigenvalue weighted by Gasteiger charge is 2.60. The molecule has 86 heavy (non-hydrogen) atoms. The molecule has 0 spiro atoms. The average Bonchev–Trinajstić information content (AvgIpc) is 0.911. The number of aliphatic hydroxyl groups is 7. The zero-order valence-electron chi connectivity index (χ0n) is 41.4. The lowest BCUT2D eigenvalue weighted by atomic mass is 9.94. The average molecular weight is 1410 g/mol. The van der Waals surface area contributed by atoms with Gasteiger partial charge in [-0.05, 0) is 0 Å². The lowest BCUT2D eigenvalue weighted by molar-refractivity contribution is -0.372. The Morgan fingerprint density at radius 1 is 0.407 bits per heavy atom. The SMILES string of the molecule is N[C@H]1[C@@H](O[C@H]2[C@H](O)[C@@H](OS(=O)(=O)O)[C@H](O[C@H]3[C@H](O)[C@@H](NS(=O)(=O)O)[C@@H](O)O[C@@H]3COS(=O)(=O)O)O[C@H]2C(=O)O)O[C@H](CO)[C@@H](O[C@@H]2O[C@H](C(=O)O)[C@@H](O[C@H]3O[C@H](COS(=O)(=O)O)[C@@H](O)[C@H](OS(=O)(=O)O)[C@H]3NS(=O)(=O)O)[C@H](O)[C@H]2O)[C@@H]1OS(=O)(=O)O. The van der Waals surface area contributed by atoms with E-state index in [-0.39, 0.29) is 0 Å². The van der Waals surface area contributed by atoms with Crippen LogP contribution in [0.25, 0.3) is 0 Å². The second-order valence-electron chi connectivity index (χ2n) is 17.9. The molecule has 0 bridgehead atoms. The third-order valence-electron chi connectivity index (χ3n) is 12.0. The molecule has 0 saturated carbocycles. The number of nitrogens with one attached hydrogen (secondary N) is 2. The molecule has 49 nitrogen and oxygen atoms in total. The number of ether oxygens (including phenoxy) is 9. The van der Waals surface area contributed by atoms with Crippen molar-refractivity contribution in [2.75, 3.05) is 19.8 Å². The van der Waals surface area contributed by atoms with Crippen LogP contribution in [-0.4, -0.2) is 322 Å². The first kappa shape index (κ1) is 74.1. The van der Waals surface area contributed by atoms with Gasteiger partial charge in [0.15, 0.2) is 49.8 Å². The Kier molecular flexibility index (Phi) is 24.2. The number of carboxylic acids is 2. The van der Waals surface area contributed by atoms with E-state index in [0.29, 0.717) is 0 Å². The highest BCUT2D eigenvalue weighted by Crippen LogP contribution is 2.38. The predicted molar refractivity (Wildman–Crippen MR) is 247 cm³/mol. The van der Waals surface area contributed by atoms with Crippen molar-refractivity contribution >= 4 is 84.5 Å². The Hall–Kier alpha value is -2.65. The van der Waals surface area contributed by atoms with Crippen LogP contribution in [0.2, 0.25) is 0 Å². The molecule has 0 aromatic rings. The molecular formula is C30H51N3O46S7. The van der Waals surface area contributed by atoms with Gasteiger partial charge in [-0.15, -0.1) is 0 Å². The maximum atomic E-state index is 12.8. The van der Waals surface area contributed by atoms with E-state index in [0.717, 1.165) is 0 Å². The van der Waals surface area contributed by atoms with Gasteiger partial charge in [0.05, 0.1) is 25.9 Å². The molecule has 0 aromatic heterocycles. The van der Waals surface area contributed by atoms with Crippen molar-refractivity contribution in [1.82, 2.24) is 9.44 Å². The quantitative estimate of drug-likeness (QED) is 0.0340. The molecule has 0 radical (unpaired) electrons. The molecule has 5 rings (SSSR count). The summed E-state index contributed by atoms with van der Waals surface area (Å²) < 4.78 is 303. The summed E-state index contributed by atoms with van der Waals surface area (Å²) in [5.41, 5.74) is 6.15. The molecule has 56 heteroatoms. The van der Waals surface area contributed by atoms with Crippen molar-refractivity contribution in [3.8, 4) is 0 Å². The van der Waals surface area contributed by atoms with Crippen LogP contribution in [0.1, 0.15) is 0 Å². The normalized spacial score (nSPS) is 40.0. The van der Waals surface area contributed by atoms with Gasteiger partial charge < -0.3 is 94.3 Å². The molecule has 20 N–H and O–H groups in total. The Morgan fingerprint density at radius 3 is 1.30 bits per heavy atom. The molecule has 25 atom stereocenters. The van der Waals surface area contributed by atoms with Gasteiger partial charge in [-0.3, -0.25) is 31.9 Å². The van der Waals surface area contributed by atoms with Gasteiger partial charge in [0, 0.05) is 0 Å². The smallest absolute Gasteiger partial charge is 0.397 e. The molecule has 5 saturated heterocycles. The van der Waals surface area contributed by atoms with E-state index in [1.807, 2.05) is 0 Å². The molecule has 504 valence electrons. The van der Waals surface area contributed by atoms with Gasteiger partial charge in [0.2, 0.25) is 0 Å². The third kappa shape index (κ3) is 20.4. The zero-order valence-corrected chi connectivity index (χ0v) is 47.1. The second-order valence-corrected chi connectivity index (χ2v) is 25.6. The van der Waals surface area contributed by atoms with E-state index in [4.69, 9.17) is 57.5 Å². The molecular weight excluding hydrogens is 1360 g/mol. The molecule has 5 aliphatic heterocycles. The van der Waals surface area contributed by atoms with Crippen LogP contribution in [0.3, 0.4) is 0 Å². The summed E-state index contributed by atoms with van der Waals surface area (Å²) in [7, 11) is -40.0. The number of aliphatic carboxylic acids is 2. The zero-order chi connectivity index (χ0) is 65.5. The summed E-state index contributed by atoms with van der Waals surface area (Å²) in [4.78, 5) is 25.5. The highest BCUT2D eigenvalue weighted by atomic mass is 32.3. The van der Waals surface area contributed by atoms with Crippen molar-refractivity contribution in [3.05, 3.63) is 0 Å². The predicted octanol–water partition coefficient (Wildman–Crippen LogP) is -13.8. The summed E-state index contributed by atoms with van der Waals surface area (Å²) in [5.74, 6) is -4.66. The number of aliphatic hydroxyl groups excluding tert-OH is 7. The lowest BCUT2D eigenvalue weighted by Gasteiger charge is -2.50. The van der Waals surface area contributed by atoms with E-state index in [1.54, 1.807) is 0 Å². The number of hydrogen-bond donors (Lipinski definition) is 19. The summed E-state index contributed by atoms with van der Waals surface area (Å²) in [6.07, 6.45) is -60.6. The fraction of sp³-hybridized carbons (Fsp3) is 0.933. The van der Waals surface area contributed by atoms with Crippen LogP contribution in [0.5, 0.6) is 0 Å². The minimum absolute atomic E-state index is 1.20.